The third-order valence-corrected chi connectivity index (χ3v) is 6.25. The highest BCUT2D eigenvalue weighted by molar-refractivity contribution is 7.99. The van der Waals surface area contributed by atoms with Gasteiger partial charge in [0.15, 0.2) is 5.16 Å². The fourth-order valence-electron chi connectivity index (χ4n) is 3.69. The van der Waals surface area contributed by atoms with Gasteiger partial charge < -0.3 is 0 Å². The van der Waals surface area contributed by atoms with Crippen LogP contribution in [0, 0.1) is 0 Å². The quantitative estimate of drug-likeness (QED) is 0.371. The van der Waals surface area contributed by atoms with Crippen LogP contribution < -0.4 is 0 Å². The predicted octanol–water partition coefficient (Wildman–Crippen LogP) is 6.47. The first-order chi connectivity index (χ1) is 14.0. The number of rotatable bonds is 4. The van der Waals surface area contributed by atoms with E-state index in [2.05, 4.69) is 67.2 Å². The summed E-state index contributed by atoms with van der Waals surface area (Å²) in [6.07, 6.45) is 14.7. The van der Waals surface area contributed by atoms with Crippen LogP contribution in [0.25, 0.3) is 10.9 Å². The Morgan fingerprint density at radius 2 is 1.83 bits per heavy atom. The van der Waals surface area contributed by atoms with Gasteiger partial charge in [-0.3, -0.25) is 4.98 Å². The van der Waals surface area contributed by atoms with E-state index in [1.807, 2.05) is 18.3 Å². The normalized spacial score (nSPS) is 17.2. The molecule has 29 heavy (non-hydrogen) atoms. The highest BCUT2D eigenvalue weighted by atomic mass is 32.2. The van der Waals surface area contributed by atoms with Crippen molar-refractivity contribution in [3.8, 4) is 0 Å². The summed E-state index contributed by atoms with van der Waals surface area (Å²) in [5, 5.41) is 2.05. The molecule has 0 amide bonds. The summed E-state index contributed by atoms with van der Waals surface area (Å²) < 4.78 is 0. The lowest BCUT2D eigenvalue weighted by atomic mass is 9.82. The summed E-state index contributed by atoms with van der Waals surface area (Å²) in [5.41, 5.74) is 5.27. The zero-order valence-electron chi connectivity index (χ0n) is 17.3. The van der Waals surface area contributed by atoms with E-state index in [0.29, 0.717) is 5.92 Å². The van der Waals surface area contributed by atoms with Gasteiger partial charge in [0.2, 0.25) is 0 Å². The van der Waals surface area contributed by atoms with E-state index in [1.54, 1.807) is 24.2 Å². The number of nitrogens with zero attached hydrogens (tertiary/aromatic N) is 3. The summed E-state index contributed by atoms with van der Waals surface area (Å²) in [6.45, 7) is 6.84. The first-order valence-corrected chi connectivity index (χ1v) is 11.2. The lowest BCUT2D eigenvalue weighted by Crippen LogP contribution is -2.12. The van der Waals surface area contributed by atoms with Crippen LogP contribution in [0.2, 0.25) is 0 Å². The first kappa shape index (κ1) is 19.8. The fourth-order valence-corrected chi connectivity index (χ4v) is 4.45. The molecule has 0 spiro atoms. The zero-order valence-corrected chi connectivity index (χ0v) is 18.1. The van der Waals surface area contributed by atoms with E-state index < -0.39 is 0 Å². The van der Waals surface area contributed by atoms with Gasteiger partial charge in [-0.2, -0.15) is 0 Å². The fraction of sp³-hybridized carbons (Fsp3) is 0.320. The molecule has 0 N–H and O–H groups in total. The maximum Gasteiger partial charge on any atom is 0.187 e. The molecule has 4 heteroatoms. The highest BCUT2D eigenvalue weighted by Crippen LogP contribution is 2.36. The van der Waals surface area contributed by atoms with Crippen molar-refractivity contribution < 1.29 is 0 Å². The molecular formula is C25H27N3S. The molecule has 1 atom stereocenters. The number of allylic oxidation sites excluding steroid dienone is 3. The van der Waals surface area contributed by atoms with Gasteiger partial charge in [0, 0.05) is 35.6 Å². The van der Waals surface area contributed by atoms with Crippen LogP contribution in [0.15, 0.2) is 77.9 Å². The van der Waals surface area contributed by atoms with E-state index in [-0.39, 0.29) is 5.41 Å². The van der Waals surface area contributed by atoms with E-state index in [1.165, 1.54) is 22.1 Å². The minimum atomic E-state index is 0.106. The molecule has 0 radical (unpaired) electrons. The molecule has 1 aliphatic rings. The van der Waals surface area contributed by atoms with Crippen LogP contribution in [-0.4, -0.2) is 20.7 Å². The molecule has 148 valence electrons. The second kappa shape index (κ2) is 8.50. The van der Waals surface area contributed by atoms with Crippen LogP contribution in [0.4, 0.5) is 0 Å². The van der Waals surface area contributed by atoms with E-state index in [4.69, 9.17) is 4.98 Å². The molecule has 1 aromatic carbocycles. The average Bonchev–Trinajstić information content (AvgIpc) is 2.97. The van der Waals surface area contributed by atoms with Crippen molar-refractivity contribution in [3.05, 3.63) is 83.9 Å². The van der Waals surface area contributed by atoms with E-state index >= 15 is 0 Å². The van der Waals surface area contributed by atoms with Gasteiger partial charge >= 0.3 is 0 Å². The van der Waals surface area contributed by atoms with Gasteiger partial charge in [0.05, 0.1) is 5.52 Å². The summed E-state index contributed by atoms with van der Waals surface area (Å²) in [4.78, 5) is 13.4. The molecule has 0 aliphatic heterocycles. The van der Waals surface area contributed by atoms with Crippen molar-refractivity contribution in [3.63, 3.8) is 0 Å². The van der Waals surface area contributed by atoms with Gasteiger partial charge in [-0.1, -0.05) is 62.9 Å². The molecule has 0 fully saturated rings. The lowest BCUT2D eigenvalue weighted by Gasteiger charge is -2.23. The zero-order chi connectivity index (χ0) is 20.3. The van der Waals surface area contributed by atoms with Crippen molar-refractivity contribution in [2.45, 2.75) is 50.1 Å². The number of hydrogen-bond acceptors (Lipinski definition) is 4. The molecule has 2 aromatic heterocycles. The number of benzene rings is 1. The van der Waals surface area contributed by atoms with Crippen molar-refractivity contribution in [1.82, 2.24) is 15.0 Å². The third-order valence-electron chi connectivity index (χ3n) is 5.30. The average molecular weight is 402 g/mol. The monoisotopic (exact) mass is 401 g/mol. The number of thioether (sulfide) groups is 1. The topological polar surface area (TPSA) is 38.7 Å². The number of hydrogen-bond donors (Lipinski definition) is 0. The molecular weight excluding hydrogens is 374 g/mol. The van der Waals surface area contributed by atoms with Crippen LogP contribution >= 0.6 is 11.8 Å². The Bertz CT molecular complexity index is 1050. The molecule has 0 saturated heterocycles. The molecule has 0 bridgehead atoms. The predicted molar refractivity (Wildman–Crippen MR) is 122 cm³/mol. The summed E-state index contributed by atoms with van der Waals surface area (Å²) in [7, 11) is 0. The molecule has 1 unspecified atom stereocenters. The first-order valence-electron chi connectivity index (χ1n) is 10.2. The Kier molecular flexibility index (Phi) is 5.81. The summed E-state index contributed by atoms with van der Waals surface area (Å²) in [5.74, 6) is 1.23. The van der Waals surface area contributed by atoms with E-state index in [0.717, 1.165) is 29.3 Å². The number of pyridine rings is 1. The Balaban J connectivity index is 1.70. The minimum absolute atomic E-state index is 0.106. The molecule has 0 saturated carbocycles. The van der Waals surface area contributed by atoms with Gasteiger partial charge in [0.25, 0.3) is 0 Å². The highest BCUT2D eigenvalue weighted by Gasteiger charge is 2.21. The Hall–Kier alpha value is -2.46. The van der Waals surface area contributed by atoms with Crippen molar-refractivity contribution in [2.24, 2.45) is 0 Å². The number of fused-ring (bicyclic) bond motifs is 1. The van der Waals surface area contributed by atoms with Crippen LogP contribution in [0.3, 0.4) is 0 Å². The van der Waals surface area contributed by atoms with Crippen molar-refractivity contribution >= 4 is 22.7 Å². The third kappa shape index (κ3) is 4.76. The maximum atomic E-state index is 4.75. The van der Waals surface area contributed by atoms with Crippen LogP contribution in [0.1, 0.15) is 50.7 Å². The molecule has 3 nitrogen and oxygen atoms in total. The Labute approximate surface area is 177 Å². The van der Waals surface area contributed by atoms with Gasteiger partial charge in [-0.15, -0.1) is 0 Å². The summed E-state index contributed by atoms with van der Waals surface area (Å²) >= 11 is 1.69. The molecule has 2 heterocycles. The van der Waals surface area contributed by atoms with Gasteiger partial charge in [0.1, 0.15) is 0 Å². The van der Waals surface area contributed by atoms with Gasteiger partial charge in [-0.25, -0.2) is 9.97 Å². The van der Waals surface area contributed by atoms with E-state index in [9.17, 15) is 0 Å². The second-order valence-electron chi connectivity index (χ2n) is 8.54. The Morgan fingerprint density at radius 3 is 2.62 bits per heavy atom. The molecule has 1 aliphatic carbocycles. The largest absolute Gasteiger partial charge is 0.256 e. The SMILES string of the molecule is CC(C)(C)c1cc(C2C=C(CSc3ncccn3)C=CCC2)c2ncccc2c1. The van der Waals surface area contributed by atoms with Crippen molar-refractivity contribution in [2.75, 3.05) is 5.75 Å². The molecule has 3 aromatic rings. The Morgan fingerprint density at radius 1 is 1.03 bits per heavy atom. The lowest BCUT2D eigenvalue weighted by molar-refractivity contribution is 0.589. The second-order valence-corrected chi connectivity index (χ2v) is 9.48. The standard InChI is InChI=1S/C25H27N3S/c1-25(2,3)21-15-20-10-6-11-26-23(20)22(16-21)19-9-5-4-8-18(14-19)17-29-24-27-12-7-13-28-24/h4,6-8,10-16,19H,5,9,17H2,1-3H3. The van der Waals surface area contributed by atoms with Crippen LogP contribution in [-0.2, 0) is 5.41 Å². The van der Waals surface area contributed by atoms with Crippen molar-refractivity contribution in [1.29, 1.82) is 0 Å². The van der Waals surface area contributed by atoms with Gasteiger partial charge in [-0.05, 0) is 53.2 Å². The smallest absolute Gasteiger partial charge is 0.187 e. The minimum Gasteiger partial charge on any atom is -0.256 e. The van der Waals surface area contributed by atoms with Crippen LogP contribution in [0.5, 0.6) is 0 Å². The number of aromatic nitrogens is 3. The summed E-state index contributed by atoms with van der Waals surface area (Å²) in [6, 6.07) is 10.8. The maximum absolute atomic E-state index is 4.75. The molecule has 4 rings (SSSR count).